The van der Waals surface area contributed by atoms with E-state index in [1.54, 1.807) is 22.9 Å². The fourth-order valence-corrected chi connectivity index (χ4v) is 2.73. The van der Waals surface area contributed by atoms with Crippen LogP contribution in [0.5, 0.6) is 5.75 Å². The molecule has 1 heterocycles. The zero-order valence-electron chi connectivity index (χ0n) is 15.9. The zero-order chi connectivity index (χ0) is 19.8. The van der Waals surface area contributed by atoms with E-state index in [0.717, 1.165) is 13.1 Å². The number of ether oxygens (including phenoxy) is 2. The molecule has 0 saturated carbocycles. The van der Waals surface area contributed by atoms with Crippen LogP contribution >= 0.6 is 12.4 Å². The number of hydrogen-bond acceptors (Lipinski definition) is 8. The van der Waals surface area contributed by atoms with Gasteiger partial charge in [0.25, 0.3) is 0 Å². The number of halogens is 1. The van der Waals surface area contributed by atoms with E-state index >= 15 is 0 Å². The first-order valence-electron chi connectivity index (χ1n) is 8.54. The van der Waals surface area contributed by atoms with Gasteiger partial charge in [-0.1, -0.05) is 6.07 Å². The van der Waals surface area contributed by atoms with Crippen LogP contribution in [0.1, 0.15) is 5.56 Å². The lowest BCUT2D eigenvalue weighted by atomic mass is 10.1. The molecule has 1 aromatic rings. The standard InChI is InChI=1S/C17H24N4O6.ClH/c1-19(11-16(22)20-7-5-18-6-8-20)10-13-3-4-15(14(9-13)21(24)25)27-12-17(23)26-2;/h3-4,9,18H,5-8,10-12H2,1-2H3;1H. The van der Waals surface area contributed by atoms with Crippen molar-refractivity contribution in [1.29, 1.82) is 0 Å². The third-order valence-corrected chi connectivity index (χ3v) is 4.12. The molecule has 1 saturated heterocycles. The van der Waals surface area contributed by atoms with Gasteiger partial charge in [0, 0.05) is 38.8 Å². The maximum atomic E-state index is 12.3. The number of nitro groups is 1. The fraction of sp³-hybridized carbons (Fsp3) is 0.529. The van der Waals surface area contributed by atoms with Crippen molar-refractivity contribution < 1.29 is 24.0 Å². The van der Waals surface area contributed by atoms with Gasteiger partial charge in [0.15, 0.2) is 12.4 Å². The van der Waals surface area contributed by atoms with Crippen molar-refractivity contribution in [3.63, 3.8) is 0 Å². The van der Waals surface area contributed by atoms with Crippen molar-refractivity contribution in [3.05, 3.63) is 33.9 Å². The van der Waals surface area contributed by atoms with E-state index in [1.165, 1.54) is 19.2 Å². The molecule has 1 fully saturated rings. The van der Waals surface area contributed by atoms with Crippen molar-refractivity contribution >= 4 is 30.0 Å². The molecular weight excluding hydrogens is 392 g/mol. The number of amides is 1. The molecule has 11 heteroatoms. The minimum absolute atomic E-state index is 0. The number of rotatable bonds is 8. The molecular formula is C17H25ClN4O6. The Morgan fingerprint density at radius 3 is 2.61 bits per heavy atom. The van der Waals surface area contributed by atoms with E-state index in [9.17, 15) is 19.7 Å². The monoisotopic (exact) mass is 416 g/mol. The number of methoxy groups -OCH3 is 1. The fourth-order valence-electron chi connectivity index (χ4n) is 2.73. The van der Waals surface area contributed by atoms with Gasteiger partial charge in [-0.2, -0.15) is 0 Å². The molecule has 1 amide bonds. The lowest BCUT2D eigenvalue weighted by molar-refractivity contribution is -0.385. The Labute approximate surface area is 169 Å². The average molecular weight is 417 g/mol. The number of piperazine rings is 1. The second-order valence-electron chi connectivity index (χ2n) is 6.23. The number of carbonyl (C=O) groups is 2. The van der Waals surface area contributed by atoms with E-state index in [2.05, 4.69) is 10.1 Å². The highest BCUT2D eigenvalue weighted by atomic mass is 35.5. The van der Waals surface area contributed by atoms with Gasteiger partial charge in [0.2, 0.25) is 5.91 Å². The molecule has 0 unspecified atom stereocenters. The minimum atomic E-state index is -0.625. The quantitative estimate of drug-likeness (QED) is 0.368. The molecule has 28 heavy (non-hydrogen) atoms. The molecule has 0 spiro atoms. The topological polar surface area (TPSA) is 114 Å². The number of esters is 1. The summed E-state index contributed by atoms with van der Waals surface area (Å²) < 4.78 is 9.61. The van der Waals surface area contributed by atoms with E-state index in [0.29, 0.717) is 25.2 Å². The van der Waals surface area contributed by atoms with Gasteiger partial charge >= 0.3 is 11.7 Å². The SMILES string of the molecule is COC(=O)COc1ccc(CN(C)CC(=O)N2CCNCC2)cc1[N+](=O)[O-].Cl. The first-order chi connectivity index (χ1) is 12.9. The molecule has 1 aromatic carbocycles. The van der Waals surface area contributed by atoms with Crippen LogP contribution in [0.4, 0.5) is 5.69 Å². The van der Waals surface area contributed by atoms with Gasteiger partial charge in [0.05, 0.1) is 18.6 Å². The maximum absolute atomic E-state index is 12.3. The molecule has 1 N–H and O–H groups in total. The highest BCUT2D eigenvalue weighted by Gasteiger charge is 2.20. The number of carbonyl (C=O) groups excluding carboxylic acids is 2. The van der Waals surface area contributed by atoms with E-state index in [-0.39, 0.29) is 36.3 Å². The van der Waals surface area contributed by atoms with E-state index in [1.807, 2.05) is 0 Å². The van der Waals surface area contributed by atoms with Crippen LogP contribution in [0, 0.1) is 10.1 Å². The summed E-state index contributed by atoms with van der Waals surface area (Å²) >= 11 is 0. The summed E-state index contributed by atoms with van der Waals surface area (Å²) in [7, 11) is 2.99. The largest absolute Gasteiger partial charge is 0.475 e. The lowest BCUT2D eigenvalue weighted by Crippen LogP contribution is -2.49. The van der Waals surface area contributed by atoms with Gasteiger partial charge in [-0.25, -0.2) is 4.79 Å². The zero-order valence-corrected chi connectivity index (χ0v) is 16.7. The first-order valence-corrected chi connectivity index (χ1v) is 8.54. The summed E-state index contributed by atoms with van der Waals surface area (Å²) in [6.45, 7) is 3.14. The second kappa shape index (κ2) is 11.4. The number of nitrogens with one attached hydrogen (secondary N) is 1. The smallest absolute Gasteiger partial charge is 0.343 e. The number of nitrogens with zero attached hydrogens (tertiary/aromatic N) is 3. The van der Waals surface area contributed by atoms with Crippen LogP contribution in [-0.2, 0) is 20.9 Å². The maximum Gasteiger partial charge on any atom is 0.343 e. The Balaban J connectivity index is 0.00000392. The van der Waals surface area contributed by atoms with Crippen LogP contribution in [-0.4, -0.2) is 80.1 Å². The molecule has 10 nitrogen and oxygen atoms in total. The summed E-state index contributed by atoms with van der Waals surface area (Å²) in [6, 6.07) is 4.51. The Kier molecular flexibility index (Phi) is 9.63. The normalized spacial score (nSPS) is 13.6. The predicted molar refractivity (Wildman–Crippen MR) is 104 cm³/mol. The number of hydrogen-bond donors (Lipinski definition) is 1. The van der Waals surface area contributed by atoms with Crippen LogP contribution in [0.3, 0.4) is 0 Å². The van der Waals surface area contributed by atoms with Crippen LogP contribution < -0.4 is 10.1 Å². The Morgan fingerprint density at radius 1 is 1.32 bits per heavy atom. The summed E-state index contributed by atoms with van der Waals surface area (Å²) in [5, 5.41) is 14.5. The number of nitro benzene ring substituents is 1. The highest BCUT2D eigenvalue weighted by molar-refractivity contribution is 5.85. The van der Waals surface area contributed by atoms with Gasteiger partial charge in [-0.15, -0.1) is 12.4 Å². The summed E-state index contributed by atoms with van der Waals surface area (Å²) in [5.74, 6) is -0.597. The van der Waals surface area contributed by atoms with Crippen LogP contribution in [0.2, 0.25) is 0 Å². The van der Waals surface area contributed by atoms with Crippen molar-refractivity contribution in [1.82, 2.24) is 15.1 Å². The minimum Gasteiger partial charge on any atom is -0.475 e. The van der Waals surface area contributed by atoms with Crippen molar-refractivity contribution in [3.8, 4) is 5.75 Å². The molecule has 0 aliphatic carbocycles. The van der Waals surface area contributed by atoms with Crippen molar-refractivity contribution in [2.24, 2.45) is 0 Å². The van der Waals surface area contributed by atoms with Gasteiger partial charge < -0.3 is 19.7 Å². The number of benzene rings is 1. The molecule has 0 aromatic heterocycles. The molecule has 2 rings (SSSR count). The van der Waals surface area contributed by atoms with Crippen LogP contribution in [0.25, 0.3) is 0 Å². The Morgan fingerprint density at radius 2 is 2.00 bits per heavy atom. The van der Waals surface area contributed by atoms with Crippen LogP contribution in [0.15, 0.2) is 18.2 Å². The summed E-state index contributed by atoms with van der Waals surface area (Å²) in [4.78, 5) is 37.8. The lowest BCUT2D eigenvalue weighted by Gasteiger charge is -2.29. The van der Waals surface area contributed by atoms with Gasteiger partial charge in [-0.3, -0.25) is 19.8 Å². The molecule has 0 radical (unpaired) electrons. The summed E-state index contributed by atoms with van der Waals surface area (Å²) in [5.41, 5.74) is 0.431. The molecule has 0 bridgehead atoms. The van der Waals surface area contributed by atoms with Gasteiger partial charge in [0.1, 0.15) is 0 Å². The van der Waals surface area contributed by atoms with E-state index in [4.69, 9.17) is 4.74 Å². The second-order valence-corrected chi connectivity index (χ2v) is 6.23. The first kappa shape index (κ1) is 23.6. The summed E-state index contributed by atoms with van der Waals surface area (Å²) in [6.07, 6.45) is 0. The molecule has 1 aliphatic heterocycles. The Bertz CT molecular complexity index is 696. The molecule has 0 atom stereocenters. The van der Waals surface area contributed by atoms with Crippen molar-refractivity contribution in [2.75, 3.05) is 53.5 Å². The molecule has 156 valence electrons. The Hall–Kier alpha value is -2.43. The predicted octanol–water partition coefficient (Wildman–Crippen LogP) is 0.432. The highest BCUT2D eigenvalue weighted by Crippen LogP contribution is 2.28. The third-order valence-electron chi connectivity index (χ3n) is 4.12. The van der Waals surface area contributed by atoms with Gasteiger partial charge in [-0.05, 0) is 18.7 Å². The number of likely N-dealkylation sites (N-methyl/N-ethyl adjacent to an activating group) is 1. The molecule has 1 aliphatic rings. The van der Waals surface area contributed by atoms with Crippen molar-refractivity contribution in [2.45, 2.75) is 6.54 Å². The third kappa shape index (κ3) is 6.95. The van der Waals surface area contributed by atoms with E-state index < -0.39 is 17.5 Å². The average Bonchev–Trinajstić information content (AvgIpc) is 2.67.